The topological polar surface area (TPSA) is 38.7 Å². The largest absolute Gasteiger partial charge is 0.248 e. The SMILES string of the molecule is c1ccc(-c2ccc3ccc4ccc(-c5ccc(-c6ccc7c(ccc8c9ccccc9sc78)n6)c6ccccc56)nc4c3n2)cc1. The molecule has 0 aliphatic heterocycles. The van der Waals surface area contributed by atoms with Gasteiger partial charge in [0, 0.05) is 53.0 Å². The molecule has 0 aliphatic carbocycles. The minimum atomic E-state index is 0.912. The first-order valence-electron chi connectivity index (χ1n) is 15.8. The second kappa shape index (κ2) is 10.3. The molecule has 0 aliphatic rings. The fourth-order valence-electron chi connectivity index (χ4n) is 6.97. The molecule has 0 spiro atoms. The third-order valence-electron chi connectivity index (χ3n) is 9.28. The molecule has 218 valence electrons. The van der Waals surface area contributed by atoms with Gasteiger partial charge in [-0.3, -0.25) is 0 Å². The number of hydrogen-bond donors (Lipinski definition) is 0. The van der Waals surface area contributed by atoms with Crippen LogP contribution in [0.5, 0.6) is 0 Å². The van der Waals surface area contributed by atoms with Gasteiger partial charge in [0.1, 0.15) is 0 Å². The highest BCUT2D eigenvalue weighted by Gasteiger charge is 2.15. The van der Waals surface area contributed by atoms with Crippen LogP contribution in [0, 0.1) is 0 Å². The molecule has 0 saturated heterocycles. The summed E-state index contributed by atoms with van der Waals surface area (Å²) in [6.45, 7) is 0. The summed E-state index contributed by atoms with van der Waals surface area (Å²) in [7, 11) is 0. The van der Waals surface area contributed by atoms with E-state index in [-0.39, 0.29) is 0 Å². The van der Waals surface area contributed by atoms with Gasteiger partial charge in [-0.05, 0) is 47.2 Å². The number of hydrogen-bond acceptors (Lipinski definition) is 4. The second-order valence-corrected chi connectivity index (χ2v) is 13.0. The Balaban J connectivity index is 1.12. The smallest absolute Gasteiger partial charge is 0.0972 e. The molecule has 4 heteroatoms. The zero-order valence-corrected chi connectivity index (χ0v) is 26.0. The van der Waals surface area contributed by atoms with Gasteiger partial charge in [-0.15, -0.1) is 11.3 Å². The predicted octanol–water partition coefficient (Wildman–Crippen LogP) is 11.9. The highest BCUT2D eigenvalue weighted by molar-refractivity contribution is 7.26. The van der Waals surface area contributed by atoms with Crippen LogP contribution < -0.4 is 0 Å². The van der Waals surface area contributed by atoms with E-state index in [9.17, 15) is 0 Å². The number of aromatic nitrogens is 3. The summed E-state index contributed by atoms with van der Waals surface area (Å²) >= 11 is 1.84. The number of benzene rings is 6. The summed E-state index contributed by atoms with van der Waals surface area (Å²) in [5, 5.41) is 8.27. The van der Waals surface area contributed by atoms with Crippen molar-refractivity contribution >= 4 is 75.0 Å². The molecule has 47 heavy (non-hydrogen) atoms. The average Bonchev–Trinajstić information content (AvgIpc) is 3.53. The van der Waals surface area contributed by atoms with E-state index in [1.54, 1.807) is 0 Å². The molecule has 0 amide bonds. The summed E-state index contributed by atoms with van der Waals surface area (Å²) in [5.74, 6) is 0. The Bertz CT molecular complexity index is 2850. The minimum absolute atomic E-state index is 0.912. The Morgan fingerprint density at radius 3 is 1.66 bits per heavy atom. The van der Waals surface area contributed by atoms with Gasteiger partial charge in [0.05, 0.1) is 33.6 Å². The fourth-order valence-corrected chi connectivity index (χ4v) is 8.20. The third kappa shape index (κ3) is 4.16. The molecular formula is C43H25N3S. The van der Waals surface area contributed by atoms with Crippen LogP contribution in [-0.2, 0) is 0 Å². The van der Waals surface area contributed by atoms with E-state index >= 15 is 0 Å². The van der Waals surface area contributed by atoms with Gasteiger partial charge in [0.15, 0.2) is 0 Å². The van der Waals surface area contributed by atoms with Crippen molar-refractivity contribution in [2.45, 2.75) is 0 Å². The van der Waals surface area contributed by atoms with E-state index in [4.69, 9.17) is 15.0 Å². The van der Waals surface area contributed by atoms with Gasteiger partial charge in [-0.2, -0.15) is 0 Å². The third-order valence-corrected chi connectivity index (χ3v) is 10.5. The highest BCUT2D eigenvalue weighted by atomic mass is 32.1. The Morgan fingerprint density at radius 1 is 0.362 bits per heavy atom. The summed E-state index contributed by atoms with van der Waals surface area (Å²) in [6.07, 6.45) is 0. The van der Waals surface area contributed by atoms with Gasteiger partial charge in [-0.1, -0.05) is 115 Å². The lowest BCUT2D eigenvalue weighted by Crippen LogP contribution is -1.93. The van der Waals surface area contributed by atoms with Gasteiger partial charge in [0.2, 0.25) is 0 Å². The van der Waals surface area contributed by atoms with Crippen LogP contribution in [0.4, 0.5) is 0 Å². The molecule has 10 rings (SSSR count). The first-order chi connectivity index (χ1) is 23.3. The van der Waals surface area contributed by atoms with Crippen LogP contribution in [0.25, 0.3) is 97.4 Å². The molecule has 0 fully saturated rings. The van der Waals surface area contributed by atoms with Gasteiger partial charge < -0.3 is 0 Å². The van der Waals surface area contributed by atoms with E-state index in [2.05, 4.69) is 133 Å². The zero-order valence-electron chi connectivity index (χ0n) is 25.2. The molecule has 0 atom stereocenters. The van der Waals surface area contributed by atoms with Gasteiger partial charge in [-0.25, -0.2) is 15.0 Å². The molecule has 0 unspecified atom stereocenters. The van der Waals surface area contributed by atoms with Gasteiger partial charge >= 0.3 is 0 Å². The van der Waals surface area contributed by atoms with Crippen LogP contribution >= 0.6 is 11.3 Å². The van der Waals surface area contributed by atoms with Crippen molar-refractivity contribution in [3.63, 3.8) is 0 Å². The van der Waals surface area contributed by atoms with Crippen LogP contribution in [0.2, 0.25) is 0 Å². The standard InChI is InChI=1S/C43H25N3S/c1-2-8-26(9-3-1)36-22-16-27-14-15-28-17-23-38(46-42(28)41(27)45-36)32-19-18-31(29-10-4-5-11-30(29)32)37-25-21-35-39(44-37)24-20-34-33-12-6-7-13-40(33)47-43(34)35/h1-25H. The van der Waals surface area contributed by atoms with E-state index in [1.807, 2.05) is 29.5 Å². The summed E-state index contributed by atoms with van der Waals surface area (Å²) in [5.41, 5.74) is 8.99. The van der Waals surface area contributed by atoms with E-state index in [1.165, 1.54) is 25.6 Å². The number of nitrogens with zero attached hydrogens (tertiary/aromatic N) is 3. The number of pyridine rings is 3. The predicted molar refractivity (Wildman–Crippen MR) is 199 cm³/mol. The Labute approximate surface area is 274 Å². The lowest BCUT2D eigenvalue weighted by molar-refractivity contribution is 1.37. The maximum Gasteiger partial charge on any atom is 0.0972 e. The average molecular weight is 616 g/mol. The lowest BCUT2D eigenvalue weighted by Gasteiger charge is -2.13. The maximum atomic E-state index is 5.27. The summed E-state index contributed by atoms with van der Waals surface area (Å²) in [6, 6.07) is 53.5. The second-order valence-electron chi connectivity index (χ2n) is 12.0. The van der Waals surface area contributed by atoms with E-state index < -0.39 is 0 Å². The Kier molecular flexibility index (Phi) is 5.74. The lowest BCUT2D eigenvalue weighted by atomic mass is 9.95. The molecule has 0 saturated carbocycles. The van der Waals surface area contributed by atoms with Crippen LogP contribution in [0.15, 0.2) is 152 Å². The quantitative estimate of drug-likeness (QED) is 0.186. The first-order valence-corrected chi connectivity index (χ1v) is 16.6. The van der Waals surface area contributed by atoms with Crippen molar-refractivity contribution in [3.05, 3.63) is 152 Å². The molecular weight excluding hydrogens is 591 g/mol. The molecule has 4 aromatic heterocycles. The van der Waals surface area contributed by atoms with Crippen LogP contribution in [0.3, 0.4) is 0 Å². The van der Waals surface area contributed by atoms with E-state index in [0.29, 0.717) is 0 Å². The van der Waals surface area contributed by atoms with Gasteiger partial charge in [0.25, 0.3) is 0 Å². The minimum Gasteiger partial charge on any atom is -0.248 e. The number of rotatable bonds is 3. The van der Waals surface area contributed by atoms with E-state index in [0.717, 1.165) is 71.9 Å². The van der Waals surface area contributed by atoms with Crippen molar-refractivity contribution in [2.24, 2.45) is 0 Å². The van der Waals surface area contributed by atoms with Crippen molar-refractivity contribution in [1.82, 2.24) is 15.0 Å². The molecule has 0 bridgehead atoms. The summed E-state index contributed by atoms with van der Waals surface area (Å²) in [4.78, 5) is 15.6. The maximum absolute atomic E-state index is 5.27. The highest BCUT2D eigenvalue weighted by Crippen LogP contribution is 2.40. The van der Waals surface area contributed by atoms with Crippen molar-refractivity contribution in [2.75, 3.05) is 0 Å². The monoisotopic (exact) mass is 615 g/mol. The molecule has 6 aromatic carbocycles. The van der Waals surface area contributed by atoms with Crippen LogP contribution in [0.1, 0.15) is 0 Å². The molecule has 0 radical (unpaired) electrons. The summed E-state index contributed by atoms with van der Waals surface area (Å²) < 4.78 is 2.60. The molecule has 3 nitrogen and oxygen atoms in total. The molecule has 0 N–H and O–H groups in total. The number of fused-ring (bicyclic) bond motifs is 9. The Morgan fingerprint density at radius 2 is 0.915 bits per heavy atom. The Hall–Kier alpha value is -5.97. The zero-order chi connectivity index (χ0) is 30.9. The molecule has 4 heterocycles. The van der Waals surface area contributed by atoms with Crippen LogP contribution in [-0.4, -0.2) is 15.0 Å². The first kappa shape index (κ1) is 26.3. The van der Waals surface area contributed by atoms with Crippen molar-refractivity contribution in [1.29, 1.82) is 0 Å². The fraction of sp³-hybridized carbons (Fsp3) is 0. The normalized spacial score (nSPS) is 11.8. The van der Waals surface area contributed by atoms with Crippen molar-refractivity contribution < 1.29 is 0 Å². The van der Waals surface area contributed by atoms with Crippen molar-refractivity contribution in [3.8, 4) is 33.8 Å². The number of thiophene rings is 1. The molecule has 10 aromatic rings.